The molecule has 0 atom stereocenters. The van der Waals surface area contributed by atoms with Crippen LogP contribution in [0, 0.1) is 6.92 Å². The molecule has 0 unspecified atom stereocenters. The van der Waals surface area contributed by atoms with Crippen LogP contribution in [-0.2, 0) is 5.41 Å². The molecule has 1 heterocycles. The summed E-state index contributed by atoms with van der Waals surface area (Å²) in [6.07, 6.45) is 4.99. The second-order valence-corrected chi connectivity index (χ2v) is 3.81. The summed E-state index contributed by atoms with van der Waals surface area (Å²) in [6, 6.07) is 1.88. The van der Waals surface area contributed by atoms with Gasteiger partial charge in [-0.05, 0) is 25.8 Å². The molecule has 1 saturated carbocycles. The quantitative estimate of drug-likeness (QED) is 0.740. The lowest BCUT2D eigenvalue weighted by Crippen LogP contribution is -2.39. The Morgan fingerprint density at radius 3 is 2.77 bits per heavy atom. The van der Waals surface area contributed by atoms with Gasteiger partial charge >= 0.3 is 0 Å². The Hall–Kier alpha value is -0.960. The molecule has 0 amide bonds. The summed E-state index contributed by atoms with van der Waals surface area (Å²) in [7, 11) is 0. The molecule has 1 aliphatic carbocycles. The van der Waals surface area contributed by atoms with Crippen molar-refractivity contribution in [1.82, 2.24) is 9.97 Å². The smallest absolute Gasteiger partial charge is 0.136 e. The Labute approximate surface area is 77.8 Å². The fourth-order valence-electron chi connectivity index (χ4n) is 1.76. The van der Waals surface area contributed by atoms with E-state index in [1.807, 2.05) is 13.0 Å². The lowest BCUT2D eigenvalue weighted by molar-refractivity contribution is 0.112. The van der Waals surface area contributed by atoms with Crippen LogP contribution in [0.2, 0.25) is 0 Å². The summed E-state index contributed by atoms with van der Waals surface area (Å²) < 4.78 is 0. The van der Waals surface area contributed by atoms with Crippen molar-refractivity contribution < 1.29 is 5.11 Å². The summed E-state index contributed by atoms with van der Waals surface area (Å²) in [4.78, 5) is 8.60. The summed E-state index contributed by atoms with van der Waals surface area (Å²) in [5, 5.41) is 9.30. The molecule has 0 aromatic carbocycles. The second-order valence-electron chi connectivity index (χ2n) is 3.81. The molecular weight excluding hydrogens is 164 g/mol. The van der Waals surface area contributed by atoms with E-state index >= 15 is 0 Å². The SMILES string of the molecule is Cc1ccnc(C2(CO)CCC2)n1. The molecule has 1 aromatic heterocycles. The predicted molar refractivity (Wildman–Crippen MR) is 49.4 cm³/mol. The van der Waals surface area contributed by atoms with E-state index in [0.29, 0.717) is 0 Å². The van der Waals surface area contributed by atoms with Crippen LogP contribution >= 0.6 is 0 Å². The minimum absolute atomic E-state index is 0.119. The Balaban J connectivity index is 2.33. The second kappa shape index (κ2) is 3.07. The van der Waals surface area contributed by atoms with Crippen molar-refractivity contribution >= 4 is 0 Å². The van der Waals surface area contributed by atoms with Crippen molar-refractivity contribution in [3.8, 4) is 0 Å². The van der Waals surface area contributed by atoms with E-state index in [-0.39, 0.29) is 12.0 Å². The van der Waals surface area contributed by atoms with Gasteiger partial charge in [-0.3, -0.25) is 0 Å². The van der Waals surface area contributed by atoms with Gasteiger partial charge in [0.25, 0.3) is 0 Å². The van der Waals surface area contributed by atoms with Crippen LogP contribution in [0.15, 0.2) is 12.3 Å². The Morgan fingerprint density at radius 2 is 2.31 bits per heavy atom. The van der Waals surface area contributed by atoms with E-state index in [4.69, 9.17) is 0 Å². The number of nitrogens with zero attached hydrogens (tertiary/aromatic N) is 2. The third-order valence-corrected chi connectivity index (χ3v) is 2.88. The standard InChI is InChI=1S/C10H14N2O/c1-8-3-6-11-9(12-8)10(7-13)4-2-5-10/h3,6,13H,2,4-5,7H2,1H3. The zero-order valence-corrected chi connectivity index (χ0v) is 7.82. The number of hydrogen-bond donors (Lipinski definition) is 1. The lowest BCUT2D eigenvalue weighted by atomic mass is 9.69. The molecule has 0 radical (unpaired) electrons. The van der Waals surface area contributed by atoms with Gasteiger partial charge in [0.1, 0.15) is 5.82 Å². The maximum Gasteiger partial charge on any atom is 0.136 e. The van der Waals surface area contributed by atoms with Crippen LogP contribution in [-0.4, -0.2) is 21.7 Å². The number of rotatable bonds is 2. The van der Waals surface area contributed by atoms with Crippen LogP contribution < -0.4 is 0 Å². The first-order valence-corrected chi connectivity index (χ1v) is 4.68. The van der Waals surface area contributed by atoms with Crippen LogP contribution in [0.5, 0.6) is 0 Å². The third-order valence-electron chi connectivity index (χ3n) is 2.88. The molecule has 0 spiro atoms. The van der Waals surface area contributed by atoms with E-state index < -0.39 is 0 Å². The molecule has 3 heteroatoms. The molecule has 0 bridgehead atoms. The van der Waals surface area contributed by atoms with Crippen molar-refractivity contribution in [2.24, 2.45) is 0 Å². The van der Waals surface area contributed by atoms with Gasteiger partial charge in [0, 0.05) is 11.9 Å². The summed E-state index contributed by atoms with van der Waals surface area (Å²) in [6.45, 7) is 2.13. The van der Waals surface area contributed by atoms with Gasteiger partial charge in [-0.2, -0.15) is 0 Å². The van der Waals surface area contributed by atoms with E-state index in [9.17, 15) is 5.11 Å². The maximum atomic E-state index is 9.30. The van der Waals surface area contributed by atoms with Crippen molar-refractivity contribution in [1.29, 1.82) is 0 Å². The first kappa shape index (κ1) is 8.63. The molecule has 1 fully saturated rings. The number of aliphatic hydroxyl groups is 1. The molecule has 13 heavy (non-hydrogen) atoms. The predicted octanol–water partition coefficient (Wildman–Crippen LogP) is 1.20. The van der Waals surface area contributed by atoms with Gasteiger partial charge in [-0.25, -0.2) is 9.97 Å². The summed E-state index contributed by atoms with van der Waals surface area (Å²) in [5.41, 5.74) is 0.858. The molecule has 0 aliphatic heterocycles. The zero-order valence-electron chi connectivity index (χ0n) is 7.82. The minimum atomic E-state index is -0.119. The topological polar surface area (TPSA) is 46.0 Å². The third kappa shape index (κ3) is 1.33. The van der Waals surface area contributed by atoms with E-state index in [1.165, 1.54) is 6.42 Å². The fourth-order valence-corrected chi connectivity index (χ4v) is 1.76. The first-order chi connectivity index (χ1) is 6.27. The molecular formula is C10H14N2O. The summed E-state index contributed by atoms with van der Waals surface area (Å²) >= 11 is 0. The highest BCUT2D eigenvalue weighted by Crippen LogP contribution is 2.41. The van der Waals surface area contributed by atoms with Crippen molar-refractivity contribution in [3.05, 3.63) is 23.8 Å². The highest BCUT2D eigenvalue weighted by Gasteiger charge is 2.40. The molecule has 1 aromatic rings. The van der Waals surface area contributed by atoms with Crippen molar-refractivity contribution in [2.75, 3.05) is 6.61 Å². The van der Waals surface area contributed by atoms with Crippen LogP contribution in [0.4, 0.5) is 0 Å². The molecule has 1 aliphatic rings. The van der Waals surface area contributed by atoms with Gasteiger partial charge < -0.3 is 5.11 Å². The molecule has 3 nitrogen and oxygen atoms in total. The van der Waals surface area contributed by atoms with Gasteiger partial charge in [0.2, 0.25) is 0 Å². The van der Waals surface area contributed by atoms with Crippen molar-refractivity contribution in [2.45, 2.75) is 31.6 Å². The Morgan fingerprint density at radius 1 is 1.54 bits per heavy atom. The summed E-state index contributed by atoms with van der Waals surface area (Å²) in [5.74, 6) is 0.821. The zero-order chi connectivity index (χ0) is 9.31. The maximum absolute atomic E-state index is 9.30. The van der Waals surface area contributed by atoms with Crippen molar-refractivity contribution in [3.63, 3.8) is 0 Å². The average Bonchev–Trinajstić information content (AvgIpc) is 2.03. The number of aryl methyl sites for hydroxylation is 1. The van der Waals surface area contributed by atoms with Crippen LogP contribution in [0.1, 0.15) is 30.8 Å². The van der Waals surface area contributed by atoms with E-state index in [2.05, 4.69) is 9.97 Å². The van der Waals surface area contributed by atoms with Crippen LogP contribution in [0.3, 0.4) is 0 Å². The highest BCUT2D eigenvalue weighted by molar-refractivity contribution is 5.15. The van der Waals surface area contributed by atoms with Gasteiger partial charge in [-0.15, -0.1) is 0 Å². The first-order valence-electron chi connectivity index (χ1n) is 4.68. The van der Waals surface area contributed by atoms with E-state index in [1.54, 1.807) is 6.20 Å². The largest absolute Gasteiger partial charge is 0.395 e. The molecule has 0 saturated heterocycles. The molecule has 70 valence electrons. The lowest BCUT2D eigenvalue weighted by Gasteiger charge is -2.38. The molecule has 1 N–H and O–H groups in total. The molecule has 2 rings (SSSR count). The Bertz CT molecular complexity index is 302. The van der Waals surface area contributed by atoms with Gasteiger partial charge in [0.15, 0.2) is 0 Å². The normalized spacial score (nSPS) is 19.5. The number of aromatic nitrogens is 2. The van der Waals surface area contributed by atoms with Gasteiger partial charge in [0.05, 0.1) is 12.0 Å². The van der Waals surface area contributed by atoms with Crippen LogP contribution in [0.25, 0.3) is 0 Å². The minimum Gasteiger partial charge on any atom is -0.395 e. The fraction of sp³-hybridized carbons (Fsp3) is 0.600. The van der Waals surface area contributed by atoms with E-state index in [0.717, 1.165) is 24.4 Å². The monoisotopic (exact) mass is 178 g/mol. The number of hydrogen-bond acceptors (Lipinski definition) is 3. The van der Waals surface area contributed by atoms with Gasteiger partial charge in [-0.1, -0.05) is 6.42 Å². The number of aliphatic hydroxyl groups excluding tert-OH is 1. The Kier molecular flexibility index (Phi) is 2.04. The highest BCUT2D eigenvalue weighted by atomic mass is 16.3. The average molecular weight is 178 g/mol.